The van der Waals surface area contributed by atoms with E-state index in [9.17, 15) is 9.50 Å². The fourth-order valence-electron chi connectivity index (χ4n) is 6.19. The predicted octanol–water partition coefficient (Wildman–Crippen LogP) is 6.99. The molecule has 2 saturated carbocycles. The van der Waals surface area contributed by atoms with Crippen LogP contribution in [0.2, 0.25) is 0 Å². The summed E-state index contributed by atoms with van der Waals surface area (Å²) >= 11 is 0. The summed E-state index contributed by atoms with van der Waals surface area (Å²) in [6, 6.07) is 14.3. The Kier molecular flexibility index (Phi) is 7.42. The molecule has 3 nitrogen and oxygen atoms in total. The van der Waals surface area contributed by atoms with Crippen molar-refractivity contribution in [1.29, 1.82) is 0 Å². The first-order valence-electron chi connectivity index (χ1n) is 13.5. The van der Waals surface area contributed by atoms with Gasteiger partial charge in [0.25, 0.3) is 0 Å². The molecule has 2 aromatic carbocycles. The van der Waals surface area contributed by atoms with Gasteiger partial charge in [0.1, 0.15) is 12.0 Å². The molecule has 4 unspecified atom stereocenters. The maximum atomic E-state index is 14.2. The van der Waals surface area contributed by atoms with Gasteiger partial charge in [0, 0.05) is 23.9 Å². The van der Waals surface area contributed by atoms with Crippen LogP contribution in [0.15, 0.2) is 58.7 Å². The Labute approximate surface area is 214 Å². The molecule has 5 rings (SSSR count). The number of hydrogen-bond acceptors (Lipinski definition) is 3. The van der Waals surface area contributed by atoms with E-state index < -0.39 is 6.23 Å². The minimum atomic E-state index is -0.510. The van der Waals surface area contributed by atoms with Crippen LogP contribution >= 0.6 is 0 Å². The van der Waals surface area contributed by atoms with Gasteiger partial charge in [-0.3, -0.25) is 10.3 Å². The third kappa shape index (κ3) is 5.64. The van der Waals surface area contributed by atoms with Gasteiger partial charge >= 0.3 is 0 Å². The van der Waals surface area contributed by atoms with Gasteiger partial charge < -0.3 is 5.11 Å². The van der Waals surface area contributed by atoms with Crippen LogP contribution in [-0.2, 0) is 0 Å². The number of terminal acetylenes is 1. The molecule has 0 aromatic heterocycles. The first kappa shape index (κ1) is 24.9. The number of aliphatic hydroxyl groups excluding tert-OH is 1. The van der Waals surface area contributed by atoms with Crippen molar-refractivity contribution in [2.45, 2.75) is 82.9 Å². The van der Waals surface area contributed by atoms with Gasteiger partial charge in [-0.15, -0.1) is 6.42 Å². The number of fused-ring (bicyclic) bond motifs is 1. The molecule has 0 spiro atoms. The van der Waals surface area contributed by atoms with E-state index in [1.807, 2.05) is 6.07 Å². The van der Waals surface area contributed by atoms with Crippen LogP contribution in [0.1, 0.15) is 98.9 Å². The molecule has 2 N–H and O–H groups in total. The van der Waals surface area contributed by atoms with E-state index in [1.165, 1.54) is 48.1 Å². The molecule has 36 heavy (non-hydrogen) atoms. The Bertz CT molecular complexity index is 1180. The predicted molar refractivity (Wildman–Crippen MR) is 144 cm³/mol. The maximum absolute atomic E-state index is 14.2. The molecule has 0 saturated heterocycles. The molecular formula is C32H37FN2O. The molecule has 2 fully saturated rings. The molecule has 0 bridgehead atoms. The third-order valence-corrected chi connectivity index (χ3v) is 8.42. The highest BCUT2D eigenvalue weighted by Gasteiger charge is 2.37. The fraction of sp³-hybridized carbons (Fsp3) is 0.469. The van der Waals surface area contributed by atoms with Crippen molar-refractivity contribution in [3.05, 3.63) is 81.8 Å². The standard InChI is InChI=1S/C32H37FN2O/c1-4-23-9-14-27(18-31(23)33)29-16-28-17-30(28)32(34-19-29)15-22-5-7-25(8-6-22)26-12-10-24(11-13-26)20(2)35-21(3)36/h1,9-14,18-22,25,28-29,35-36H,5-8,15-17H2,2-3H3. The summed E-state index contributed by atoms with van der Waals surface area (Å²) in [6.45, 7) is 3.83. The Morgan fingerprint density at radius 3 is 2.44 bits per heavy atom. The molecule has 2 aromatic rings. The summed E-state index contributed by atoms with van der Waals surface area (Å²) in [6.07, 6.45) is 15.1. The first-order chi connectivity index (χ1) is 17.4. The number of aliphatic imine (C=N–C) groups is 1. The Morgan fingerprint density at radius 2 is 1.78 bits per heavy atom. The SMILES string of the molecule is C#Cc1ccc(C2C=NC(CC3CCC(c4ccc(C(C)NC(C)O)cc4)CC3)=C3CC3C2)cc1F. The lowest BCUT2D eigenvalue weighted by Crippen LogP contribution is -2.28. The average Bonchev–Trinajstić information content (AvgIpc) is 3.66. The van der Waals surface area contributed by atoms with Gasteiger partial charge in [-0.05, 0) is 111 Å². The third-order valence-electron chi connectivity index (χ3n) is 8.42. The maximum Gasteiger partial charge on any atom is 0.139 e. The van der Waals surface area contributed by atoms with Crippen molar-refractivity contribution in [2.75, 3.05) is 0 Å². The molecular weight excluding hydrogens is 447 g/mol. The summed E-state index contributed by atoms with van der Waals surface area (Å²) < 4.78 is 14.2. The highest BCUT2D eigenvalue weighted by atomic mass is 19.1. The zero-order chi connectivity index (χ0) is 25.2. The first-order valence-corrected chi connectivity index (χ1v) is 13.5. The molecule has 1 heterocycles. The Morgan fingerprint density at radius 1 is 1.06 bits per heavy atom. The molecule has 0 radical (unpaired) electrons. The molecule has 188 valence electrons. The molecule has 2 aliphatic carbocycles. The summed E-state index contributed by atoms with van der Waals surface area (Å²) in [5, 5.41) is 12.7. The van der Waals surface area contributed by atoms with Gasteiger partial charge in [-0.2, -0.15) is 0 Å². The number of aliphatic hydroxyl groups is 1. The molecule has 3 aliphatic rings. The van der Waals surface area contributed by atoms with Crippen LogP contribution in [0.25, 0.3) is 0 Å². The molecule has 4 heteroatoms. The number of nitrogens with zero attached hydrogens (tertiary/aromatic N) is 1. The smallest absolute Gasteiger partial charge is 0.139 e. The van der Waals surface area contributed by atoms with E-state index in [2.05, 4.69) is 48.6 Å². The van der Waals surface area contributed by atoms with Crippen LogP contribution in [0, 0.1) is 30.0 Å². The summed E-state index contributed by atoms with van der Waals surface area (Å²) in [5.41, 5.74) is 6.78. The Balaban J connectivity index is 1.16. The van der Waals surface area contributed by atoms with Gasteiger partial charge in [-0.25, -0.2) is 4.39 Å². The normalized spacial score (nSPS) is 27.1. The van der Waals surface area contributed by atoms with Gasteiger partial charge in [0.05, 0.1) is 5.56 Å². The lowest BCUT2D eigenvalue weighted by atomic mass is 9.77. The Hall–Kier alpha value is -2.74. The average molecular weight is 485 g/mol. The van der Waals surface area contributed by atoms with Gasteiger partial charge in [0.2, 0.25) is 0 Å². The minimum absolute atomic E-state index is 0.136. The molecule has 1 aliphatic heterocycles. The van der Waals surface area contributed by atoms with Crippen LogP contribution < -0.4 is 5.32 Å². The van der Waals surface area contributed by atoms with Crippen molar-refractivity contribution < 1.29 is 9.50 Å². The van der Waals surface area contributed by atoms with E-state index in [0.717, 1.165) is 24.8 Å². The van der Waals surface area contributed by atoms with E-state index in [-0.39, 0.29) is 17.8 Å². The largest absolute Gasteiger partial charge is 0.379 e. The lowest BCUT2D eigenvalue weighted by Gasteiger charge is -2.29. The molecule has 4 atom stereocenters. The van der Waals surface area contributed by atoms with Crippen molar-refractivity contribution in [1.82, 2.24) is 5.32 Å². The second-order valence-electron chi connectivity index (χ2n) is 11.0. The van der Waals surface area contributed by atoms with Crippen molar-refractivity contribution in [3.63, 3.8) is 0 Å². The van der Waals surface area contributed by atoms with Crippen molar-refractivity contribution >= 4 is 6.21 Å². The van der Waals surface area contributed by atoms with Gasteiger partial charge in [-0.1, -0.05) is 36.3 Å². The number of benzene rings is 2. The topological polar surface area (TPSA) is 44.6 Å². The van der Waals surface area contributed by atoms with E-state index in [0.29, 0.717) is 23.3 Å². The van der Waals surface area contributed by atoms with Crippen LogP contribution in [0.4, 0.5) is 4.39 Å². The highest BCUT2D eigenvalue weighted by molar-refractivity contribution is 5.71. The number of rotatable bonds is 7. The van der Waals surface area contributed by atoms with E-state index in [1.54, 1.807) is 19.1 Å². The zero-order valence-corrected chi connectivity index (χ0v) is 21.4. The fourth-order valence-corrected chi connectivity index (χ4v) is 6.19. The lowest BCUT2D eigenvalue weighted by molar-refractivity contribution is 0.143. The minimum Gasteiger partial charge on any atom is -0.379 e. The highest BCUT2D eigenvalue weighted by Crippen LogP contribution is 2.50. The number of hydrogen-bond donors (Lipinski definition) is 2. The zero-order valence-electron chi connectivity index (χ0n) is 21.4. The van der Waals surface area contributed by atoms with E-state index >= 15 is 0 Å². The van der Waals surface area contributed by atoms with Crippen LogP contribution in [-0.4, -0.2) is 17.5 Å². The second-order valence-corrected chi connectivity index (χ2v) is 11.0. The van der Waals surface area contributed by atoms with Gasteiger partial charge in [0.15, 0.2) is 0 Å². The van der Waals surface area contributed by atoms with Crippen molar-refractivity contribution in [3.8, 4) is 12.3 Å². The summed E-state index contributed by atoms with van der Waals surface area (Å²) in [4.78, 5) is 4.96. The summed E-state index contributed by atoms with van der Waals surface area (Å²) in [7, 11) is 0. The summed E-state index contributed by atoms with van der Waals surface area (Å²) in [5.74, 6) is 4.18. The van der Waals surface area contributed by atoms with Crippen molar-refractivity contribution in [2.24, 2.45) is 16.8 Å². The van der Waals surface area contributed by atoms with Crippen LogP contribution in [0.3, 0.4) is 0 Å². The monoisotopic (exact) mass is 484 g/mol. The number of halogens is 1. The molecule has 0 amide bonds. The quantitative estimate of drug-likeness (QED) is 0.328. The number of allylic oxidation sites excluding steroid dienone is 2. The van der Waals surface area contributed by atoms with Crippen LogP contribution in [0.5, 0.6) is 0 Å². The second kappa shape index (κ2) is 10.7. The van der Waals surface area contributed by atoms with E-state index in [4.69, 9.17) is 11.4 Å². The number of nitrogens with one attached hydrogen (secondary N) is 1.